The number of rotatable bonds is 2. The second kappa shape index (κ2) is 4.29. The summed E-state index contributed by atoms with van der Waals surface area (Å²) < 4.78 is 0. The Hall–Kier alpha value is 0.440. The maximum Gasteiger partial charge on any atom is 0.0146 e. The lowest BCUT2D eigenvalue weighted by Gasteiger charge is -2.27. The van der Waals surface area contributed by atoms with Crippen LogP contribution in [0.2, 0.25) is 0 Å². The monoisotopic (exact) mass is 195 g/mol. The van der Waals surface area contributed by atoms with Crippen LogP contribution >= 0.6 is 17.0 Å². The number of halogens is 1. The third-order valence-electron chi connectivity index (χ3n) is 2.08. The van der Waals surface area contributed by atoms with Crippen molar-refractivity contribution in [3.05, 3.63) is 0 Å². The molecule has 0 radical (unpaired) electrons. The lowest BCUT2D eigenvalue weighted by molar-refractivity contribution is 0.329. The molecule has 0 heterocycles. The highest BCUT2D eigenvalue weighted by atomic mass is 79.9. The van der Waals surface area contributed by atoms with Crippen LogP contribution in [0.5, 0.6) is 0 Å². The average Bonchev–Trinajstić information content (AvgIpc) is 1.67. The molecule has 0 saturated carbocycles. The smallest absolute Gasteiger partial charge is 0.0146 e. The van der Waals surface area contributed by atoms with Crippen LogP contribution in [0.3, 0.4) is 0 Å². The van der Waals surface area contributed by atoms with Crippen LogP contribution in [0.1, 0.15) is 34.1 Å². The maximum atomic E-state index is 5.86. The standard InChI is InChI=1S/C7H17N.BrH/c1-5-7(4,8)6(2)3;/h6H,5,8H2,1-4H3;1H. The first-order chi connectivity index (χ1) is 3.50. The molecule has 58 valence electrons. The molecule has 2 heteroatoms. The zero-order valence-corrected chi connectivity index (χ0v) is 8.48. The normalized spacial score (nSPS) is 16.7. The average molecular weight is 196 g/mol. The summed E-state index contributed by atoms with van der Waals surface area (Å²) in [7, 11) is 0. The van der Waals surface area contributed by atoms with E-state index in [9.17, 15) is 0 Å². The van der Waals surface area contributed by atoms with Crippen LogP contribution in [-0.2, 0) is 0 Å². The predicted octanol–water partition coefficient (Wildman–Crippen LogP) is 2.35. The first-order valence-electron chi connectivity index (χ1n) is 3.29. The summed E-state index contributed by atoms with van der Waals surface area (Å²) in [5, 5.41) is 0. The first kappa shape index (κ1) is 12.1. The third kappa shape index (κ3) is 3.93. The number of nitrogens with two attached hydrogens (primary N) is 1. The van der Waals surface area contributed by atoms with E-state index in [1.165, 1.54) is 0 Å². The highest BCUT2D eigenvalue weighted by Crippen LogP contribution is 2.15. The Bertz CT molecular complexity index is 69.3. The lowest BCUT2D eigenvalue weighted by Crippen LogP contribution is -2.40. The van der Waals surface area contributed by atoms with Gasteiger partial charge in [0, 0.05) is 5.54 Å². The first-order valence-corrected chi connectivity index (χ1v) is 3.29. The van der Waals surface area contributed by atoms with E-state index in [1.54, 1.807) is 0 Å². The predicted molar refractivity (Wildman–Crippen MR) is 48.0 cm³/mol. The van der Waals surface area contributed by atoms with Gasteiger partial charge in [-0.15, -0.1) is 17.0 Å². The molecular weight excluding hydrogens is 178 g/mol. The van der Waals surface area contributed by atoms with Crippen molar-refractivity contribution < 1.29 is 0 Å². The second-order valence-electron chi connectivity index (χ2n) is 3.01. The van der Waals surface area contributed by atoms with Gasteiger partial charge in [-0.1, -0.05) is 20.8 Å². The van der Waals surface area contributed by atoms with E-state index >= 15 is 0 Å². The van der Waals surface area contributed by atoms with E-state index in [0.29, 0.717) is 5.92 Å². The van der Waals surface area contributed by atoms with Crippen molar-refractivity contribution in [2.24, 2.45) is 11.7 Å². The van der Waals surface area contributed by atoms with Gasteiger partial charge in [-0.2, -0.15) is 0 Å². The zero-order valence-electron chi connectivity index (χ0n) is 6.77. The molecule has 0 aliphatic carbocycles. The van der Waals surface area contributed by atoms with Crippen molar-refractivity contribution >= 4 is 17.0 Å². The summed E-state index contributed by atoms with van der Waals surface area (Å²) in [6.07, 6.45) is 1.06. The molecule has 0 saturated heterocycles. The Morgan fingerprint density at radius 2 is 1.78 bits per heavy atom. The molecule has 0 aliphatic rings. The molecule has 1 nitrogen and oxygen atoms in total. The molecule has 0 spiro atoms. The van der Waals surface area contributed by atoms with Gasteiger partial charge in [0.15, 0.2) is 0 Å². The fourth-order valence-electron chi connectivity index (χ4n) is 0.408. The molecule has 1 unspecified atom stereocenters. The summed E-state index contributed by atoms with van der Waals surface area (Å²) in [5.74, 6) is 0.590. The molecular formula is C7H18BrN. The van der Waals surface area contributed by atoms with Crippen molar-refractivity contribution in [1.82, 2.24) is 0 Å². The van der Waals surface area contributed by atoms with E-state index < -0.39 is 0 Å². The molecule has 0 amide bonds. The van der Waals surface area contributed by atoms with Crippen LogP contribution in [0, 0.1) is 5.92 Å². The Morgan fingerprint density at radius 3 is 1.78 bits per heavy atom. The Balaban J connectivity index is 0. The number of hydrogen-bond donors (Lipinski definition) is 1. The molecule has 9 heavy (non-hydrogen) atoms. The maximum absolute atomic E-state index is 5.86. The molecule has 0 aliphatic heterocycles. The van der Waals surface area contributed by atoms with E-state index in [-0.39, 0.29) is 22.5 Å². The van der Waals surface area contributed by atoms with Crippen LogP contribution in [0.4, 0.5) is 0 Å². The quantitative estimate of drug-likeness (QED) is 0.720. The second-order valence-corrected chi connectivity index (χ2v) is 3.01. The molecule has 0 fully saturated rings. The van der Waals surface area contributed by atoms with E-state index in [0.717, 1.165) is 6.42 Å². The minimum Gasteiger partial charge on any atom is -0.325 e. The molecule has 0 aromatic carbocycles. The third-order valence-corrected chi connectivity index (χ3v) is 2.08. The Morgan fingerprint density at radius 1 is 1.44 bits per heavy atom. The summed E-state index contributed by atoms with van der Waals surface area (Å²) in [4.78, 5) is 0. The van der Waals surface area contributed by atoms with Crippen molar-refractivity contribution in [3.8, 4) is 0 Å². The van der Waals surface area contributed by atoms with Gasteiger partial charge in [-0.25, -0.2) is 0 Å². The van der Waals surface area contributed by atoms with Crippen molar-refractivity contribution in [1.29, 1.82) is 0 Å². The Labute approximate surface area is 68.8 Å². The van der Waals surface area contributed by atoms with Crippen molar-refractivity contribution in [2.45, 2.75) is 39.7 Å². The zero-order chi connectivity index (χ0) is 6.78. The van der Waals surface area contributed by atoms with E-state index in [4.69, 9.17) is 5.73 Å². The van der Waals surface area contributed by atoms with Gasteiger partial charge >= 0.3 is 0 Å². The molecule has 1 atom stereocenters. The molecule has 0 aromatic heterocycles. The van der Waals surface area contributed by atoms with Gasteiger partial charge < -0.3 is 5.73 Å². The highest BCUT2D eigenvalue weighted by molar-refractivity contribution is 8.93. The molecule has 0 aromatic rings. The molecule has 2 N–H and O–H groups in total. The lowest BCUT2D eigenvalue weighted by atomic mass is 9.87. The fourth-order valence-corrected chi connectivity index (χ4v) is 0.408. The van der Waals surface area contributed by atoms with Gasteiger partial charge in [0.1, 0.15) is 0 Å². The van der Waals surface area contributed by atoms with E-state index in [1.807, 2.05) is 0 Å². The SMILES string of the molecule is Br.CCC(C)(N)C(C)C. The Kier molecular flexibility index (Phi) is 5.79. The minimum atomic E-state index is 0. The van der Waals surface area contributed by atoms with Crippen LogP contribution in [-0.4, -0.2) is 5.54 Å². The summed E-state index contributed by atoms with van der Waals surface area (Å²) in [6, 6.07) is 0. The van der Waals surface area contributed by atoms with Gasteiger partial charge in [-0.3, -0.25) is 0 Å². The topological polar surface area (TPSA) is 26.0 Å². The van der Waals surface area contributed by atoms with Gasteiger partial charge in [0.25, 0.3) is 0 Å². The summed E-state index contributed by atoms with van der Waals surface area (Å²) in [5.41, 5.74) is 5.90. The largest absolute Gasteiger partial charge is 0.325 e. The van der Waals surface area contributed by atoms with Gasteiger partial charge in [-0.05, 0) is 19.3 Å². The summed E-state index contributed by atoms with van der Waals surface area (Å²) in [6.45, 7) is 8.53. The van der Waals surface area contributed by atoms with Gasteiger partial charge in [0.2, 0.25) is 0 Å². The van der Waals surface area contributed by atoms with Crippen LogP contribution < -0.4 is 5.73 Å². The van der Waals surface area contributed by atoms with Crippen molar-refractivity contribution in [2.75, 3.05) is 0 Å². The minimum absolute atomic E-state index is 0. The van der Waals surface area contributed by atoms with Crippen molar-refractivity contribution in [3.63, 3.8) is 0 Å². The number of hydrogen-bond acceptors (Lipinski definition) is 1. The van der Waals surface area contributed by atoms with Gasteiger partial charge in [0.05, 0.1) is 0 Å². The molecule has 0 bridgehead atoms. The van der Waals surface area contributed by atoms with E-state index in [2.05, 4.69) is 27.7 Å². The fraction of sp³-hybridized carbons (Fsp3) is 1.00. The van der Waals surface area contributed by atoms with Crippen LogP contribution in [0.15, 0.2) is 0 Å². The van der Waals surface area contributed by atoms with Crippen LogP contribution in [0.25, 0.3) is 0 Å². The molecule has 0 rings (SSSR count). The summed E-state index contributed by atoms with van der Waals surface area (Å²) >= 11 is 0. The highest BCUT2D eigenvalue weighted by Gasteiger charge is 2.19.